The monoisotopic (exact) mass is 517 g/mol. The highest BCUT2D eigenvalue weighted by atomic mass is 32.1. The summed E-state index contributed by atoms with van der Waals surface area (Å²) in [6, 6.07) is 21.1. The first kappa shape index (κ1) is 25.6. The summed E-state index contributed by atoms with van der Waals surface area (Å²) in [5, 5.41) is 21.1. The minimum absolute atomic E-state index is 0.235. The summed E-state index contributed by atoms with van der Waals surface area (Å²) in [5.74, 6) is 1.35. The third-order valence-electron chi connectivity index (χ3n) is 6.90. The molecular weight excluding hydrogens is 482 g/mol. The van der Waals surface area contributed by atoms with Gasteiger partial charge in [0.1, 0.15) is 30.0 Å². The first-order valence-electron chi connectivity index (χ1n) is 13.2. The number of likely N-dealkylation sites (tertiary alicyclic amines) is 1. The van der Waals surface area contributed by atoms with Gasteiger partial charge in [0.25, 0.3) is 0 Å². The van der Waals surface area contributed by atoms with Gasteiger partial charge in [0.05, 0.1) is 0 Å². The SMILES string of the molecule is CCCOC(c1ccc(OCCN2CCCCC2)cc1)c1c(-c2ccc(O)cc2)sc2cc(O)ccc12. The molecule has 37 heavy (non-hydrogen) atoms. The maximum atomic E-state index is 10.1. The van der Waals surface area contributed by atoms with Gasteiger partial charge in [0.15, 0.2) is 0 Å². The van der Waals surface area contributed by atoms with Crippen LogP contribution in [0.3, 0.4) is 0 Å². The summed E-state index contributed by atoms with van der Waals surface area (Å²) in [6.07, 6.45) is 4.55. The van der Waals surface area contributed by atoms with Gasteiger partial charge >= 0.3 is 0 Å². The normalized spacial score (nSPS) is 15.2. The van der Waals surface area contributed by atoms with Crippen molar-refractivity contribution in [2.75, 3.05) is 32.8 Å². The smallest absolute Gasteiger partial charge is 0.119 e. The molecule has 2 N–H and O–H groups in total. The number of piperidine rings is 1. The van der Waals surface area contributed by atoms with Crippen molar-refractivity contribution in [3.63, 3.8) is 0 Å². The van der Waals surface area contributed by atoms with Gasteiger partial charge < -0.3 is 19.7 Å². The number of hydrogen-bond donors (Lipinski definition) is 2. The molecule has 1 aliphatic rings. The van der Waals surface area contributed by atoms with E-state index in [1.54, 1.807) is 29.5 Å². The maximum absolute atomic E-state index is 10.1. The number of hydrogen-bond acceptors (Lipinski definition) is 6. The van der Waals surface area contributed by atoms with Crippen molar-refractivity contribution in [1.82, 2.24) is 4.90 Å². The second kappa shape index (κ2) is 12.0. The lowest BCUT2D eigenvalue weighted by Gasteiger charge is -2.26. The number of fused-ring (bicyclic) bond motifs is 1. The number of aromatic hydroxyl groups is 2. The zero-order valence-corrected chi connectivity index (χ0v) is 22.2. The molecule has 6 heteroatoms. The van der Waals surface area contributed by atoms with Gasteiger partial charge in [0, 0.05) is 28.3 Å². The Balaban J connectivity index is 1.45. The van der Waals surface area contributed by atoms with Crippen LogP contribution in [0.1, 0.15) is 49.8 Å². The van der Waals surface area contributed by atoms with Crippen LogP contribution in [-0.2, 0) is 4.74 Å². The molecule has 4 aromatic rings. The molecule has 194 valence electrons. The van der Waals surface area contributed by atoms with Gasteiger partial charge in [-0.2, -0.15) is 0 Å². The molecule has 0 radical (unpaired) electrons. The molecule has 1 aromatic heterocycles. The van der Waals surface area contributed by atoms with Crippen molar-refractivity contribution in [2.24, 2.45) is 0 Å². The molecule has 1 unspecified atom stereocenters. The predicted molar refractivity (Wildman–Crippen MR) is 151 cm³/mol. The fourth-order valence-electron chi connectivity index (χ4n) is 4.99. The van der Waals surface area contributed by atoms with E-state index in [4.69, 9.17) is 9.47 Å². The van der Waals surface area contributed by atoms with Gasteiger partial charge in [-0.25, -0.2) is 0 Å². The van der Waals surface area contributed by atoms with E-state index in [2.05, 4.69) is 24.0 Å². The molecule has 0 amide bonds. The van der Waals surface area contributed by atoms with E-state index in [1.807, 2.05) is 36.4 Å². The van der Waals surface area contributed by atoms with E-state index in [0.29, 0.717) is 13.2 Å². The molecule has 5 nitrogen and oxygen atoms in total. The first-order valence-corrected chi connectivity index (χ1v) is 14.1. The number of thiophene rings is 1. The first-order chi connectivity index (χ1) is 18.1. The number of benzene rings is 3. The molecule has 1 fully saturated rings. The highest BCUT2D eigenvalue weighted by molar-refractivity contribution is 7.22. The highest BCUT2D eigenvalue weighted by Crippen LogP contribution is 2.46. The molecule has 0 aliphatic carbocycles. The van der Waals surface area contributed by atoms with Gasteiger partial charge in [-0.1, -0.05) is 25.5 Å². The highest BCUT2D eigenvalue weighted by Gasteiger charge is 2.25. The predicted octanol–water partition coefficient (Wildman–Crippen LogP) is 7.36. The molecule has 1 atom stereocenters. The zero-order valence-electron chi connectivity index (χ0n) is 21.4. The minimum Gasteiger partial charge on any atom is -0.508 e. The largest absolute Gasteiger partial charge is 0.508 e. The van der Waals surface area contributed by atoms with E-state index >= 15 is 0 Å². The van der Waals surface area contributed by atoms with Crippen LogP contribution in [0, 0.1) is 0 Å². The lowest BCUT2D eigenvalue weighted by Crippen LogP contribution is -2.33. The van der Waals surface area contributed by atoms with E-state index < -0.39 is 0 Å². The lowest BCUT2D eigenvalue weighted by atomic mass is 9.95. The Bertz CT molecular complexity index is 1290. The quantitative estimate of drug-likeness (QED) is 0.230. The average Bonchev–Trinajstić information content (AvgIpc) is 3.29. The number of rotatable bonds is 10. The van der Waals surface area contributed by atoms with Crippen LogP contribution in [0.25, 0.3) is 20.5 Å². The molecule has 5 rings (SSSR count). The van der Waals surface area contributed by atoms with E-state index in [-0.39, 0.29) is 17.6 Å². The van der Waals surface area contributed by atoms with Gasteiger partial charge in [-0.15, -0.1) is 11.3 Å². The van der Waals surface area contributed by atoms with Crippen molar-refractivity contribution in [2.45, 2.75) is 38.7 Å². The van der Waals surface area contributed by atoms with E-state index in [0.717, 1.165) is 50.4 Å². The second-order valence-corrected chi connectivity index (χ2v) is 10.7. The summed E-state index contributed by atoms with van der Waals surface area (Å²) in [4.78, 5) is 3.56. The summed E-state index contributed by atoms with van der Waals surface area (Å²) < 4.78 is 13.6. The molecule has 0 saturated carbocycles. The topological polar surface area (TPSA) is 62.2 Å². The lowest BCUT2D eigenvalue weighted by molar-refractivity contribution is 0.0820. The Morgan fingerprint density at radius 2 is 1.59 bits per heavy atom. The summed E-state index contributed by atoms with van der Waals surface area (Å²) in [6.45, 7) is 6.75. The van der Waals surface area contributed by atoms with Crippen molar-refractivity contribution >= 4 is 21.4 Å². The van der Waals surface area contributed by atoms with Crippen LogP contribution in [0.4, 0.5) is 0 Å². The van der Waals surface area contributed by atoms with Gasteiger partial charge in [0.2, 0.25) is 0 Å². The van der Waals surface area contributed by atoms with Crippen molar-refractivity contribution in [3.8, 4) is 27.7 Å². The zero-order chi connectivity index (χ0) is 25.6. The molecule has 1 aliphatic heterocycles. The van der Waals surface area contributed by atoms with Crippen LogP contribution in [0.2, 0.25) is 0 Å². The molecule has 1 saturated heterocycles. The van der Waals surface area contributed by atoms with E-state index in [1.165, 1.54) is 32.4 Å². The fraction of sp³-hybridized carbons (Fsp3) is 0.355. The van der Waals surface area contributed by atoms with E-state index in [9.17, 15) is 10.2 Å². The average molecular weight is 518 g/mol. The van der Waals surface area contributed by atoms with Crippen molar-refractivity contribution in [1.29, 1.82) is 0 Å². The van der Waals surface area contributed by atoms with Crippen LogP contribution >= 0.6 is 11.3 Å². The Kier molecular flexibility index (Phi) is 8.29. The van der Waals surface area contributed by atoms with Crippen LogP contribution in [-0.4, -0.2) is 48.0 Å². The number of phenols is 2. The summed E-state index contributed by atoms with van der Waals surface area (Å²) in [7, 11) is 0. The molecule has 2 heterocycles. The molecular formula is C31H35NO4S. The standard InChI is InChI=1S/C31H35NO4S/c1-2-19-36-30(22-8-13-26(14-9-22)35-20-18-32-16-4-3-5-17-32)29-27-15-12-25(34)21-28(27)37-31(29)23-6-10-24(33)11-7-23/h6-15,21,30,33-34H,2-5,16-20H2,1H3. The van der Waals surface area contributed by atoms with Gasteiger partial charge in [-0.05, 0) is 103 Å². The fourth-order valence-corrected chi connectivity index (χ4v) is 6.26. The van der Waals surface area contributed by atoms with Crippen LogP contribution < -0.4 is 4.74 Å². The Hall–Kier alpha value is -3.06. The summed E-state index contributed by atoms with van der Waals surface area (Å²) in [5.41, 5.74) is 3.15. The van der Waals surface area contributed by atoms with Crippen LogP contribution in [0.15, 0.2) is 66.7 Å². The maximum Gasteiger partial charge on any atom is 0.119 e. The summed E-state index contributed by atoms with van der Waals surface area (Å²) >= 11 is 1.63. The van der Waals surface area contributed by atoms with Crippen molar-refractivity contribution < 1.29 is 19.7 Å². The third kappa shape index (κ3) is 6.09. The molecule has 3 aromatic carbocycles. The van der Waals surface area contributed by atoms with Crippen molar-refractivity contribution in [3.05, 3.63) is 77.9 Å². The Morgan fingerprint density at radius 3 is 2.32 bits per heavy atom. The number of phenolic OH excluding ortho intramolecular Hbond substituents is 2. The number of ether oxygens (including phenoxy) is 2. The molecule has 0 bridgehead atoms. The number of nitrogens with zero attached hydrogens (tertiary/aromatic N) is 1. The third-order valence-corrected chi connectivity index (χ3v) is 8.12. The van der Waals surface area contributed by atoms with Gasteiger partial charge in [-0.3, -0.25) is 4.90 Å². The second-order valence-electron chi connectivity index (χ2n) is 9.64. The Morgan fingerprint density at radius 1 is 0.865 bits per heavy atom. The Labute approximate surface area is 222 Å². The molecule has 0 spiro atoms. The van der Waals surface area contributed by atoms with Crippen LogP contribution in [0.5, 0.6) is 17.2 Å². The minimum atomic E-state index is -0.274.